The Morgan fingerprint density at radius 1 is 1.05 bits per heavy atom. The number of hydrazine groups is 1. The molecule has 41 heavy (non-hydrogen) atoms. The van der Waals surface area contributed by atoms with Crippen LogP contribution in [0.4, 0.5) is 9.18 Å². The number of carbonyl (C=O) groups excluding carboxylic acids is 2. The van der Waals surface area contributed by atoms with Crippen LogP contribution in [0.1, 0.15) is 64.2 Å². The van der Waals surface area contributed by atoms with Gasteiger partial charge in [0.15, 0.2) is 0 Å². The van der Waals surface area contributed by atoms with E-state index in [1.807, 2.05) is 7.05 Å². The Bertz CT molecular complexity index is 979. The third-order valence-electron chi connectivity index (χ3n) is 9.50. The third-order valence-corrected chi connectivity index (χ3v) is 11.2. The first-order valence-electron chi connectivity index (χ1n) is 15.1. The number of methoxy groups -OCH3 is 1. The maximum Gasteiger partial charge on any atom is 0.315 e. The first-order valence-corrected chi connectivity index (χ1v) is 17.2. The minimum Gasteiger partial charge on any atom is -0.381 e. The Balaban J connectivity index is 1.14. The maximum absolute atomic E-state index is 14.9. The summed E-state index contributed by atoms with van der Waals surface area (Å²) in [7, 11) is -0.0835. The second-order valence-electron chi connectivity index (χ2n) is 12.6. The molecule has 0 bridgehead atoms. The lowest BCUT2D eigenvalue weighted by atomic mass is 9.76. The first-order chi connectivity index (χ1) is 19.5. The van der Waals surface area contributed by atoms with Gasteiger partial charge in [0.05, 0.1) is 23.2 Å². The van der Waals surface area contributed by atoms with Crippen molar-refractivity contribution in [3.05, 3.63) is 0 Å². The summed E-state index contributed by atoms with van der Waals surface area (Å²) in [5.74, 6) is -1.43. The molecule has 4 aliphatic rings. The van der Waals surface area contributed by atoms with E-state index in [4.69, 9.17) is 16.3 Å². The average molecular weight is 623 g/mol. The van der Waals surface area contributed by atoms with Crippen LogP contribution in [0.5, 0.6) is 0 Å². The zero-order valence-electron chi connectivity index (χ0n) is 24.2. The summed E-state index contributed by atoms with van der Waals surface area (Å²) in [6, 6.07) is -0.0490. The van der Waals surface area contributed by atoms with Gasteiger partial charge in [0, 0.05) is 39.0 Å². The smallest absolute Gasteiger partial charge is 0.315 e. The van der Waals surface area contributed by atoms with Crippen LogP contribution in [0.15, 0.2) is 0 Å². The number of alkyl halides is 2. The van der Waals surface area contributed by atoms with Gasteiger partial charge in [-0.25, -0.2) is 17.6 Å². The van der Waals surface area contributed by atoms with Gasteiger partial charge < -0.3 is 15.4 Å². The second kappa shape index (κ2) is 15.0. The first kappa shape index (κ1) is 32.7. The molecule has 0 radical (unpaired) electrons. The molecule has 3 amide bonds. The number of amides is 3. The highest BCUT2D eigenvalue weighted by Gasteiger charge is 2.44. The number of urea groups is 1. The molecule has 4 rings (SSSR count). The lowest BCUT2D eigenvalue weighted by Crippen LogP contribution is -2.52. The lowest BCUT2D eigenvalue weighted by molar-refractivity contribution is -0.129. The monoisotopic (exact) mass is 622 g/mol. The molecule has 5 N–H and O–H groups in total. The number of nitrogens with zero attached hydrogens (tertiary/aromatic N) is 1. The van der Waals surface area contributed by atoms with Crippen LogP contribution in [0.25, 0.3) is 0 Å². The van der Waals surface area contributed by atoms with Crippen LogP contribution in [-0.2, 0) is 19.6 Å². The van der Waals surface area contributed by atoms with Gasteiger partial charge >= 0.3 is 6.03 Å². The van der Waals surface area contributed by atoms with Crippen molar-refractivity contribution >= 4 is 33.6 Å². The maximum atomic E-state index is 14.9. The summed E-state index contributed by atoms with van der Waals surface area (Å²) >= 11 is 6.27. The summed E-state index contributed by atoms with van der Waals surface area (Å²) in [5.41, 5.74) is 2.26. The standard InChI is InChI=1S/C27H48ClFN6O5S/c1-35-14-24(31-16-35)19-11-22(25(29)23(28)12-19)26(36)33-34-41(38,39)15-18-3-7-20(8-4-18)32-27(37)30-13-17-5-9-21(40-2)10-6-17/h17-25,31,34H,3-16H2,1-2H3,(H,33,36)(H2,30,32,37). The lowest BCUT2D eigenvalue weighted by Gasteiger charge is -2.37. The number of rotatable bonds is 10. The summed E-state index contributed by atoms with van der Waals surface area (Å²) in [5, 5.41) is 8.59. The van der Waals surface area contributed by atoms with Crippen molar-refractivity contribution in [2.24, 2.45) is 23.7 Å². The van der Waals surface area contributed by atoms with E-state index in [0.29, 0.717) is 57.1 Å². The van der Waals surface area contributed by atoms with Crippen molar-refractivity contribution < 1.29 is 27.1 Å². The topological polar surface area (TPSA) is 141 Å². The molecule has 0 aromatic heterocycles. The van der Waals surface area contributed by atoms with Crippen molar-refractivity contribution in [1.29, 1.82) is 0 Å². The highest BCUT2D eigenvalue weighted by molar-refractivity contribution is 7.89. The zero-order chi connectivity index (χ0) is 29.6. The largest absolute Gasteiger partial charge is 0.381 e. The predicted molar refractivity (Wildman–Crippen MR) is 155 cm³/mol. The minimum absolute atomic E-state index is 0.00391. The van der Waals surface area contributed by atoms with Crippen LogP contribution in [-0.4, -0.2) is 94.7 Å². The average Bonchev–Trinajstić information content (AvgIpc) is 3.39. The van der Waals surface area contributed by atoms with Crippen molar-refractivity contribution in [3.8, 4) is 0 Å². The van der Waals surface area contributed by atoms with Crippen molar-refractivity contribution in [3.63, 3.8) is 0 Å². The van der Waals surface area contributed by atoms with E-state index in [1.165, 1.54) is 0 Å². The fourth-order valence-corrected chi connectivity index (χ4v) is 8.65. The van der Waals surface area contributed by atoms with E-state index in [0.717, 1.165) is 38.9 Å². The normalized spacial score (nSPS) is 36.9. The molecule has 1 aliphatic heterocycles. The van der Waals surface area contributed by atoms with Gasteiger partial charge in [0.25, 0.3) is 0 Å². The molecule has 5 unspecified atom stereocenters. The number of nitrogens with one attached hydrogen (secondary N) is 5. The fraction of sp³-hybridized carbons (Fsp3) is 0.926. The molecule has 1 saturated heterocycles. The van der Waals surface area contributed by atoms with E-state index >= 15 is 0 Å². The molecule has 0 spiro atoms. The molecule has 0 aromatic carbocycles. The molecule has 0 aromatic rings. The molecular weight excluding hydrogens is 575 g/mol. The van der Waals surface area contributed by atoms with Crippen molar-refractivity contribution in [1.82, 2.24) is 31.1 Å². The molecule has 11 nitrogen and oxygen atoms in total. The number of hydrogen-bond donors (Lipinski definition) is 5. The molecule has 3 aliphatic carbocycles. The number of ether oxygens (including phenoxy) is 1. The Labute approximate surface area is 248 Å². The fourth-order valence-electron chi connectivity index (χ4n) is 6.95. The van der Waals surface area contributed by atoms with Crippen molar-refractivity contribution in [2.75, 3.05) is 39.7 Å². The van der Waals surface area contributed by atoms with Gasteiger partial charge in [-0.1, -0.05) is 0 Å². The quantitative estimate of drug-likeness (QED) is 0.185. The molecule has 5 atom stereocenters. The molecule has 4 fully saturated rings. The highest BCUT2D eigenvalue weighted by Crippen LogP contribution is 2.37. The SMILES string of the molecule is COC1CCC(CNC(=O)NC2CCC(CS(=O)(=O)NNC(=O)C3CC(C4CN(C)CN4)CC(Cl)C3F)CC2)CC1. The number of carbonyl (C=O) groups is 2. The number of hydrogen-bond acceptors (Lipinski definition) is 7. The van der Waals surface area contributed by atoms with Crippen molar-refractivity contribution in [2.45, 2.75) is 93.9 Å². The van der Waals surface area contributed by atoms with Crippen LogP contribution in [0, 0.1) is 23.7 Å². The summed E-state index contributed by atoms with van der Waals surface area (Å²) < 4.78 is 45.7. The second-order valence-corrected chi connectivity index (χ2v) is 15.0. The molecule has 3 saturated carbocycles. The Kier molecular flexibility index (Phi) is 11.9. The number of likely N-dealkylation sites (N-methyl/N-ethyl adjacent to an activating group) is 1. The van der Waals surface area contributed by atoms with E-state index in [2.05, 4.69) is 31.1 Å². The van der Waals surface area contributed by atoms with Crippen LogP contribution < -0.4 is 26.2 Å². The Hall–Kier alpha value is -1.25. The van der Waals surface area contributed by atoms with Gasteiger partial charge in [0.1, 0.15) is 6.17 Å². The highest BCUT2D eigenvalue weighted by atomic mass is 35.5. The minimum atomic E-state index is -3.81. The van der Waals surface area contributed by atoms with Crippen LogP contribution in [0.2, 0.25) is 0 Å². The molecule has 1 heterocycles. The Morgan fingerprint density at radius 3 is 2.37 bits per heavy atom. The van der Waals surface area contributed by atoms with Crippen LogP contribution in [0.3, 0.4) is 0 Å². The van der Waals surface area contributed by atoms with Gasteiger partial charge in [-0.15, -0.1) is 16.4 Å². The van der Waals surface area contributed by atoms with Gasteiger partial charge in [-0.2, -0.15) is 0 Å². The van der Waals surface area contributed by atoms with E-state index in [-0.39, 0.29) is 35.7 Å². The number of sulfonamides is 1. The third kappa shape index (κ3) is 9.62. The van der Waals surface area contributed by atoms with E-state index in [1.54, 1.807) is 7.11 Å². The van der Waals surface area contributed by atoms with Gasteiger partial charge in [0.2, 0.25) is 15.9 Å². The zero-order valence-corrected chi connectivity index (χ0v) is 25.8. The summed E-state index contributed by atoms with van der Waals surface area (Å²) in [6.07, 6.45) is 6.39. The molecule has 236 valence electrons. The van der Waals surface area contributed by atoms with Gasteiger partial charge in [-0.3, -0.25) is 20.4 Å². The van der Waals surface area contributed by atoms with Gasteiger partial charge in [-0.05, 0) is 89.0 Å². The van der Waals surface area contributed by atoms with E-state index < -0.39 is 33.4 Å². The Morgan fingerprint density at radius 2 is 1.73 bits per heavy atom. The molecule has 14 heteroatoms. The van der Waals surface area contributed by atoms with Crippen LogP contribution >= 0.6 is 11.6 Å². The summed E-state index contributed by atoms with van der Waals surface area (Å²) in [6.45, 7) is 2.18. The van der Waals surface area contributed by atoms with E-state index in [9.17, 15) is 22.4 Å². The number of halogens is 2. The predicted octanol–water partition coefficient (Wildman–Crippen LogP) is 1.83. The summed E-state index contributed by atoms with van der Waals surface area (Å²) in [4.78, 5) is 29.5. The molecular formula is C27H48ClFN6O5S.